The minimum Gasteiger partial charge on any atom is -0.361 e. The number of fused-ring (bicyclic) bond motifs is 1. The molecule has 1 aromatic heterocycles. The van der Waals surface area contributed by atoms with E-state index in [-0.39, 0.29) is 11.8 Å². The van der Waals surface area contributed by atoms with Gasteiger partial charge in [-0.15, -0.1) is 0 Å². The molecule has 2 aromatic carbocycles. The quantitative estimate of drug-likeness (QED) is 0.559. The number of hydrogen-bond acceptors (Lipinski definition) is 2. The van der Waals surface area contributed by atoms with Gasteiger partial charge in [0.05, 0.1) is 0 Å². The van der Waals surface area contributed by atoms with E-state index in [0.717, 1.165) is 16.5 Å². The van der Waals surface area contributed by atoms with Gasteiger partial charge in [-0.25, -0.2) is 0 Å². The third-order valence-electron chi connectivity index (χ3n) is 4.14. The van der Waals surface area contributed by atoms with Gasteiger partial charge in [0, 0.05) is 47.2 Å². The van der Waals surface area contributed by atoms with Gasteiger partial charge in [0.2, 0.25) is 5.91 Å². The van der Waals surface area contributed by atoms with Crippen LogP contribution in [-0.2, 0) is 11.2 Å². The second kappa shape index (κ2) is 8.54. The number of carbonyl (C=O) groups excluding carboxylic acids is 2. The average Bonchev–Trinajstić information content (AvgIpc) is 3.07. The van der Waals surface area contributed by atoms with Gasteiger partial charge in [-0.2, -0.15) is 0 Å². The first kappa shape index (κ1) is 18.0. The molecule has 2 amide bonds. The molecule has 0 unspecified atom stereocenters. The number of benzene rings is 2. The molecule has 0 saturated carbocycles. The molecule has 0 bridgehead atoms. The van der Waals surface area contributed by atoms with Crippen LogP contribution in [0.25, 0.3) is 10.9 Å². The molecule has 0 spiro atoms. The van der Waals surface area contributed by atoms with Crippen LogP contribution in [0, 0.1) is 0 Å². The summed E-state index contributed by atoms with van der Waals surface area (Å²) in [6, 6.07) is 14.7. The van der Waals surface area contributed by atoms with E-state index in [2.05, 4.69) is 15.6 Å². The minimum atomic E-state index is -0.185. The second-order valence-corrected chi connectivity index (χ2v) is 6.41. The Morgan fingerprint density at radius 1 is 0.962 bits per heavy atom. The molecule has 0 aliphatic heterocycles. The Morgan fingerprint density at radius 2 is 1.69 bits per heavy atom. The molecule has 1 heterocycles. The highest BCUT2D eigenvalue weighted by atomic mass is 35.5. The number of H-pyrrole nitrogens is 1. The van der Waals surface area contributed by atoms with Crippen LogP contribution in [0.5, 0.6) is 0 Å². The molecule has 3 N–H and O–H groups in total. The fraction of sp³-hybridized carbons (Fsp3) is 0.200. The number of rotatable bonds is 7. The van der Waals surface area contributed by atoms with E-state index in [1.807, 2.05) is 30.5 Å². The molecule has 0 atom stereocenters. The van der Waals surface area contributed by atoms with Gasteiger partial charge >= 0.3 is 0 Å². The van der Waals surface area contributed by atoms with E-state index in [9.17, 15) is 9.59 Å². The largest absolute Gasteiger partial charge is 0.361 e. The highest BCUT2D eigenvalue weighted by Gasteiger charge is 2.07. The fourth-order valence-corrected chi connectivity index (χ4v) is 2.88. The van der Waals surface area contributed by atoms with Crippen LogP contribution >= 0.6 is 11.6 Å². The van der Waals surface area contributed by atoms with Gasteiger partial charge in [-0.1, -0.05) is 29.8 Å². The predicted molar refractivity (Wildman–Crippen MR) is 103 cm³/mol. The standard InChI is InChI=1S/C20H20ClN3O2/c21-16-8-5-14(6-9-16)20(26)23-12-11-22-19(25)10-7-15-13-24-18-4-2-1-3-17(15)18/h1-6,8-9,13,24H,7,10-12H2,(H,22,25)(H,23,26). The number of amides is 2. The summed E-state index contributed by atoms with van der Waals surface area (Å²) in [5.41, 5.74) is 2.75. The summed E-state index contributed by atoms with van der Waals surface area (Å²) in [5.74, 6) is -0.217. The van der Waals surface area contributed by atoms with E-state index in [1.54, 1.807) is 24.3 Å². The lowest BCUT2D eigenvalue weighted by Crippen LogP contribution is -2.34. The smallest absolute Gasteiger partial charge is 0.251 e. The number of nitrogens with one attached hydrogen (secondary N) is 3. The zero-order valence-electron chi connectivity index (χ0n) is 14.2. The Balaban J connectivity index is 1.38. The summed E-state index contributed by atoms with van der Waals surface area (Å²) in [6.07, 6.45) is 3.03. The van der Waals surface area contributed by atoms with Crippen molar-refractivity contribution in [3.63, 3.8) is 0 Å². The topological polar surface area (TPSA) is 74.0 Å². The molecule has 3 aromatic rings. The van der Waals surface area contributed by atoms with Crippen molar-refractivity contribution in [3.8, 4) is 0 Å². The molecule has 0 saturated heterocycles. The third kappa shape index (κ3) is 4.64. The molecular weight excluding hydrogens is 350 g/mol. The maximum atomic E-state index is 12.0. The minimum absolute atomic E-state index is 0.0315. The fourth-order valence-electron chi connectivity index (χ4n) is 2.76. The van der Waals surface area contributed by atoms with E-state index in [1.165, 1.54) is 0 Å². The molecule has 0 aliphatic rings. The number of halogens is 1. The van der Waals surface area contributed by atoms with Crippen molar-refractivity contribution in [2.75, 3.05) is 13.1 Å². The third-order valence-corrected chi connectivity index (χ3v) is 4.39. The van der Waals surface area contributed by atoms with Gasteiger partial charge in [0.15, 0.2) is 0 Å². The monoisotopic (exact) mass is 369 g/mol. The molecule has 0 aliphatic carbocycles. The van der Waals surface area contributed by atoms with Gasteiger partial charge < -0.3 is 15.6 Å². The number of aromatic nitrogens is 1. The first-order valence-electron chi connectivity index (χ1n) is 8.49. The van der Waals surface area contributed by atoms with Crippen LogP contribution < -0.4 is 10.6 Å². The summed E-state index contributed by atoms with van der Waals surface area (Å²) in [4.78, 5) is 27.1. The summed E-state index contributed by atoms with van der Waals surface area (Å²) in [6.45, 7) is 0.770. The van der Waals surface area contributed by atoms with Crippen LogP contribution in [-0.4, -0.2) is 29.9 Å². The predicted octanol–water partition coefficient (Wildman–Crippen LogP) is 3.30. The van der Waals surface area contributed by atoms with Crippen molar-refractivity contribution in [1.29, 1.82) is 0 Å². The lowest BCUT2D eigenvalue weighted by atomic mass is 10.1. The van der Waals surface area contributed by atoms with Gasteiger partial charge in [-0.3, -0.25) is 9.59 Å². The van der Waals surface area contributed by atoms with Crippen molar-refractivity contribution in [1.82, 2.24) is 15.6 Å². The summed E-state index contributed by atoms with van der Waals surface area (Å²) >= 11 is 5.80. The molecule has 6 heteroatoms. The van der Waals surface area contributed by atoms with Crippen LogP contribution in [0.4, 0.5) is 0 Å². The zero-order valence-corrected chi connectivity index (χ0v) is 15.0. The highest BCUT2D eigenvalue weighted by Crippen LogP contribution is 2.18. The molecular formula is C20H20ClN3O2. The maximum absolute atomic E-state index is 12.0. The van der Waals surface area contributed by atoms with Crippen LogP contribution in [0.15, 0.2) is 54.7 Å². The second-order valence-electron chi connectivity index (χ2n) is 5.97. The summed E-state index contributed by atoms with van der Waals surface area (Å²) < 4.78 is 0. The van der Waals surface area contributed by atoms with Crippen LogP contribution in [0.3, 0.4) is 0 Å². The lowest BCUT2D eigenvalue weighted by molar-refractivity contribution is -0.121. The maximum Gasteiger partial charge on any atom is 0.251 e. The van der Waals surface area contributed by atoms with Crippen molar-refractivity contribution < 1.29 is 9.59 Å². The normalized spacial score (nSPS) is 10.7. The molecule has 0 fully saturated rings. The van der Waals surface area contributed by atoms with Gasteiger partial charge in [0.1, 0.15) is 0 Å². The van der Waals surface area contributed by atoms with E-state index in [4.69, 9.17) is 11.6 Å². The van der Waals surface area contributed by atoms with Gasteiger partial charge in [0.25, 0.3) is 5.91 Å². The van der Waals surface area contributed by atoms with Crippen LogP contribution in [0.1, 0.15) is 22.3 Å². The van der Waals surface area contributed by atoms with Gasteiger partial charge in [-0.05, 0) is 42.3 Å². The molecule has 0 radical (unpaired) electrons. The number of aromatic amines is 1. The number of hydrogen-bond donors (Lipinski definition) is 3. The Hall–Kier alpha value is -2.79. The van der Waals surface area contributed by atoms with E-state index in [0.29, 0.717) is 36.5 Å². The molecule has 5 nitrogen and oxygen atoms in total. The Kier molecular flexibility index (Phi) is 5.92. The molecule has 26 heavy (non-hydrogen) atoms. The Labute approximate surface area is 156 Å². The summed E-state index contributed by atoms with van der Waals surface area (Å²) in [7, 11) is 0. The molecule has 134 valence electrons. The number of carbonyl (C=O) groups is 2. The average molecular weight is 370 g/mol. The van der Waals surface area contributed by atoms with Crippen molar-refractivity contribution in [3.05, 3.63) is 70.9 Å². The van der Waals surface area contributed by atoms with E-state index < -0.39 is 0 Å². The molecule has 3 rings (SSSR count). The Bertz CT molecular complexity index is 903. The highest BCUT2D eigenvalue weighted by molar-refractivity contribution is 6.30. The Morgan fingerprint density at radius 3 is 2.50 bits per heavy atom. The summed E-state index contributed by atoms with van der Waals surface area (Å²) in [5, 5.41) is 7.33. The zero-order chi connectivity index (χ0) is 18.4. The number of para-hydroxylation sites is 1. The first-order chi connectivity index (χ1) is 12.6. The van der Waals surface area contributed by atoms with E-state index >= 15 is 0 Å². The first-order valence-corrected chi connectivity index (χ1v) is 8.87. The van der Waals surface area contributed by atoms with Crippen LogP contribution in [0.2, 0.25) is 5.02 Å². The van der Waals surface area contributed by atoms with Crippen molar-refractivity contribution in [2.24, 2.45) is 0 Å². The van der Waals surface area contributed by atoms with Crippen molar-refractivity contribution >= 4 is 34.3 Å². The SMILES string of the molecule is O=C(CCc1c[nH]c2ccccc12)NCCNC(=O)c1ccc(Cl)cc1. The van der Waals surface area contributed by atoms with Crippen molar-refractivity contribution in [2.45, 2.75) is 12.8 Å². The lowest BCUT2D eigenvalue weighted by Gasteiger charge is -2.07. The number of aryl methyl sites for hydroxylation is 1.